The van der Waals surface area contributed by atoms with E-state index in [0.29, 0.717) is 6.54 Å². The van der Waals surface area contributed by atoms with Crippen molar-refractivity contribution in [2.75, 3.05) is 0 Å². The number of hydrogen-bond acceptors (Lipinski definition) is 3. The lowest BCUT2D eigenvalue weighted by Gasteiger charge is -2.21. The van der Waals surface area contributed by atoms with Crippen molar-refractivity contribution in [3.63, 3.8) is 0 Å². The van der Waals surface area contributed by atoms with Crippen LogP contribution in [0.3, 0.4) is 0 Å². The first kappa shape index (κ1) is 12.7. The maximum atomic E-state index is 11.1. The summed E-state index contributed by atoms with van der Waals surface area (Å²) in [4.78, 5) is 11.1. The molecule has 1 heterocycles. The third-order valence-electron chi connectivity index (χ3n) is 2.49. The first-order chi connectivity index (χ1) is 7.45. The fraction of sp³-hybridized carbons (Fsp3) is 0.636. The van der Waals surface area contributed by atoms with E-state index in [-0.39, 0.29) is 5.91 Å². The third kappa shape index (κ3) is 3.34. The van der Waals surface area contributed by atoms with Crippen LogP contribution in [-0.4, -0.2) is 21.2 Å². The lowest BCUT2D eigenvalue weighted by Crippen LogP contribution is -2.50. The van der Waals surface area contributed by atoms with Crippen LogP contribution in [0.2, 0.25) is 0 Å². The number of nitrogens with zero attached hydrogens (tertiary/aromatic N) is 2. The maximum absolute atomic E-state index is 11.1. The number of carbonyl (C=O) groups is 1. The average molecular weight is 224 g/mol. The molecule has 1 rings (SSSR count). The zero-order chi connectivity index (χ0) is 12.2. The van der Waals surface area contributed by atoms with E-state index in [9.17, 15) is 4.79 Å². The molecule has 90 valence electrons. The molecule has 0 spiro atoms. The van der Waals surface area contributed by atoms with Crippen LogP contribution in [0.5, 0.6) is 0 Å². The van der Waals surface area contributed by atoms with E-state index in [1.807, 2.05) is 10.9 Å². The molecule has 0 bridgehead atoms. The summed E-state index contributed by atoms with van der Waals surface area (Å²) in [6.45, 7) is 7.16. The van der Waals surface area contributed by atoms with Gasteiger partial charge in [-0.15, -0.1) is 0 Å². The first-order valence-corrected chi connectivity index (χ1v) is 5.52. The predicted octanol–water partition coefficient (Wildman–Crippen LogP) is 0.647. The van der Waals surface area contributed by atoms with Gasteiger partial charge in [-0.1, -0.05) is 6.92 Å². The predicted molar refractivity (Wildman–Crippen MR) is 62.6 cm³/mol. The molecule has 1 amide bonds. The molecule has 0 saturated heterocycles. The van der Waals surface area contributed by atoms with Gasteiger partial charge < -0.3 is 5.73 Å². The number of nitrogens with one attached hydrogen (secondary N) is 1. The number of hydrogen-bond donors (Lipinski definition) is 2. The van der Waals surface area contributed by atoms with E-state index >= 15 is 0 Å². The Kier molecular flexibility index (Phi) is 4.06. The fourth-order valence-electron chi connectivity index (χ4n) is 1.26. The molecule has 0 fully saturated rings. The van der Waals surface area contributed by atoms with E-state index in [4.69, 9.17) is 5.73 Å². The lowest BCUT2D eigenvalue weighted by atomic mass is 10.1. The van der Waals surface area contributed by atoms with E-state index < -0.39 is 5.54 Å². The molecule has 0 aliphatic carbocycles. The standard InChI is InChI=1S/C11H20N4O/c1-4-5-15-8-9(7-14-15)6-13-11(2,3)10(12)16/h7-8,13H,4-6H2,1-3H3,(H2,12,16). The zero-order valence-corrected chi connectivity index (χ0v) is 10.2. The van der Waals surface area contributed by atoms with Gasteiger partial charge in [-0.05, 0) is 20.3 Å². The highest BCUT2D eigenvalue weighted by molar-refractivity contribution is 5.83. The normalized spacial score (nSPS) is 11.7. The molecule has 0 atom stereocenters. The smallest absolute Gasteiger partial charge is 0.237 e. The summed E-state index contributed by atoms with van der Waals surface area (Å²) < 4.78 is 1.90. The SMILES string of the molecule is CCCn1cc(CNC(C)(C)C(N)=O)cn1. The summed E-state index contributed by atoms with van der Waals surface area (Å²) in [5, 5.41) is 7.31. The summed E-state index contributed by atoms with van der Waals surface area (Å²) in [6.07, 6.45) is 4.84. The van der Waals surface area contributed by atoms with Crippen LogP contribution in [0.1, 0.15) is 32.8 Å². The Bertz CT molecular complexity index is 357. The van der Waals surface area contributed by atoms with Crippen LogP contribution >= 0.6 is 0 Å². The van der Waals surface area contributed by atoms with Gasteiger partial charge in [0.25, 0.3) is 0 Å². The van der Waals surface area contributed by atoms with Gasteiger partial charge in [-0.2, -0.15) is 5.10 Å². The molecule has 3 N–H and O–H groups in total. The Morgan fingerprint density at radius 3 is 2.88 bits per heavy atom. The van der Waals surface area contributed by atoms with Gasteiger partial charge in [-0.3, -0.25) is 14.8 Å². The van der Waals surface area contributed by atoms with Crippen molar-refractivity contribution in [1.82, 2.24) is 15.1 Å². The Morgan fingerprint density at radius 2 is 2.31 bits per heavy atom. The summed E-state index contributed by atoms with van der Waals surface area (Å²) in [6, 6.07) is 0. The van der Waals surface area contributed by atoms with Crippen molar-refractivity contribution in [3.8, 4) is 0 Å². The summed E-state index contributed by atoms with van der Waals surface area (Å²) in [7, 11) is 0. The largest absolute Gasteiger partial charge is 0.368 e. The summed E-state index contributed by atoms with van der Waals surface area (Å²) >= 11 is 0. The maximum Gasteiger partial charge on any atom is 0.237 e. The molecule has 1 aromatic rings. The van der Waals surface area contributed by atoms with Gasteiger partial charge in [0.2, 0.25) is 5.91 Å². The zero-order valence-electron chi connectivity index (χ0n) is 10.2. The fourth-order valence-corrected chi connectivity index (χ4v) is 1.26. The highest BCUT2D eigenvalue weighted by Gasteiger charge is 2.23. The van der Waals surface area contributed by atoms with Crippen LogP contribution in [0.15, 0.2) is 12.4 Å². The van der Waals surface area contributed by atoms with Crippen molar-refractivity contribution < 1.29 is 4.79 Å². The highest BCUT2D eigenvalue weighted by atomic mass is 16.1. The first-order valence-electron chi connectivity index (χ1n) is 5.52. The molecular formula is C11H20N4O. The molecule has 16 heavy (non-hydrogen) atoms. The Labute approximate surface area is 96.0 Å². The minimum Gasteiger partial charge on any atom is -0.368 e. The Morgan fingerprint density at radius 1 is 1.62 bits per heavy atom. The molecule has 0 aliphatic heterocycles. The van der Waals surface area contributed by atoms with E-state index in [1.165, 1.54) is 0 Å². The molecule has 0 radical (unpaired) electrons. The number of nitrogens with two attached hydrogens (primary N) is 1. The topological polar surface area (TPSA) is 72.9 Å². The van der Waals surface area contributed by atoms with Crippen molar-refractivity contribution in [2.24, 2.45) is 5.73 Å². The molecule has 1 aromatic heterocycles. The van der Waals surface area contributed by atoms with Crippen LogP contribution < -0.4 is 11.1 Å². The number of primary amides is 1. The minimum atomic E-state index is -0.688. The van der Waals surface area contributed by atoms with E-state index in [1.54, 1.807) is 20.0 Å². The van der Waals surface area contributed by atoms with Crippen LogP contribution in [-0.2, 0) is 17.9 Å². The average Bonchev–Trinajstić information content (AvgIpc) is 2.63. The van der Waals surface area contributed by atoms with E-state index in [2.05, 4.69) is 17.3 Å². The van der Waals surface area contributed by atoms with Gasteiger partial charge in [0.05, 0.1) is 11.7 Å². The van der Waals surface area contributed by atoms with Gasteiger partial charge in [0, 0.05) is 24.8 Å². The van der Waals surface area contributed by atoms with Crippen molar-refractivity contribution in [2.45, 2.75) is 45.8 Å². The number of carbonyl (C=O) groups excluding carboxylic acids is 1. The van der Waals surface area contributed by atoms with Gasteiger partial charge in [0.15, 0.2) is 0 Å². The molecule has 0 unspecified atom stereocenters. The number of amides is 1. The lowest BCUT2D eigenvalue weighted by molar-refractivity contribution is -0.123. The second-order valence-electron chi connectivity index (χ2n) is 4.45. The van der Waals surface area contributed by atoms with Crippen LogP contribution in [0, 0.1) is 0 Å². The van der Waals surface area contributed by atoms with Crippen LogP contribution in [0.25, 0.3) is 0 Å². The third-order valence-corrected chi connectivity index (χ3v) is 2.49. The van der Waals surface area contributed by atoms with Gasteiger partial charge >= 0.3 is 0 Å². The van der Waals surface area contributed by atoms with Gasteiger partial charge in [0.1, 0.15) is 0 Å². The molecule has 0 aliphatic rings. The summed E-state index contributed by atoms with van der Waals surface area (Å²) in [5.74, 6) is -0.353. The highest BCUT2D eigenvalue weighted by Crippen LogP contribution is 2.04. The van der Waals surface area contributed by atoms with Crippen LogP contribution in [0.4, 0.5) is 0 Å². The second kappa shape index (κ2) is 5.12. The molecule has 0 saturated carbocycles. The van der Waals surface area contributed by atoms with Crippen molar-refractivity contribution >= 4 is 5.91 Å². The van der Waals surface area contributed by atoms with E-state index in [0.717, 1.165) is 18.5 Å². The van der Waals surface area contributed by atoms with Crippen molar-refractivity contribution in [3.05, 3.63) is 18.0 Å². The minimum absolute atomic E-state index is 0.353. The molecule has 5 nitrogen and oxygen atoms in total. The number of aromatic nitrogens is 2. The second-order valence-corrected chi connectivity index (χ2v) is 4.45. The molecular weight excluding hydrogens is 204 g/mol. The Hall–Kier alpha value is -1.36. The monoisotopic (exact) mass is 224 g/mol. The number of aryl methyl sites for hydroxylation is 1. The van der Waals surface area contributed by atoms with Gasteiger partial charge in [-0.25, -0.2) is 0 Å². The Balaban J connectivity index is 2.51. The summed E-state index contributed by atoms with van der Waals surface area (Å²) in [5.41, 5.74) is 5.64. The number of rotatable bonds is 6. The molecule has 5 heteroatoms. The molecule has 0 aromatic carbocycles. The quantitative estimate of drug-likeness (QED) is 0.745. The van der Waals surface area contributed by atoms with Crippen molar-refractivity contribution in [1.29, 1.82) is 0 Å².